The van der Waals surface area contributed by atoms with Crippen LogP contribution >= 0.6 is 0 Å². The smallest absolute Gasteiger partial charge is 0.335 e. The molecule has 98 valence electrons. The molecule has 0 radical (unpaired) electrons. The molecule has 2 aromatic rings. The van der Waals surface area contributed by atoms with Crippen LogP contribution in [0.3, 0.4) is 0 Å². The first-order valence-electron chi connectivity index (χ1n) is 6.15. The summed E-state index contributed by atoms with van der Waals surface area (Å²) in [5.41, 5.74) is 2.44. The highest BCUT2D eigenvalue weighted by Gasteiger charge is 2.11. The van der Waals surface area contributed by atoms with Crippen LogP contribution in [0.15, 0.2) is 42.6 Å². The molecule has 0 spiro atoms. The summed E-state index contributed by atoms with van der Waals surface area (Å²) in [6.07, 6.45) is 1.52. The Morgan fingerprint density at radius 2 is 1.95 bits per heavy atom. The highest BCUT2D eigenvalue weighted by atomic mass is 16.4. The predicted octanol–water partition coefficient (Wildman–Crippen LogP) is 3.25. The maximum Gasteiger partial charge on any atom is 0.335 e. The molecular formula is C15H16N2O2. The first kappa shape index (κ1) is 13.1. The lowest BCUT2D eigenvalue weighted by Gasteiger charge is -2.22. The van der Waals surface area contributed by atoms with E-state index in [0.717, 1.165) is 12.2 Å². The molecule has 0 bridgehead atoms. The van der Waals surface area contributed by atoms with Gasteiger partial charge in [-0.3, -0.25) is 0 Å². The molecule has 1 heterocycles. The molecule has 1 N–H and O–H groups in total. The van der Waals surface area contributed by atoms with Crippen LogP contribution in [0.5, 0.6) is 0 Å². The maximum atomic E-state index is 11.0. The molecule has 0 aliphatic heterocycles. The second-order valence-corrected chi connectivity index (χ2v) is 4.29. The Kier molecular flexibility index (Phi) is 3.80. The van der Waals surface area contributed by atoms with Gasteiger partial charge in [0.25, 0.3) is 0 Å². The zero-order chi connectivity index (χ0) is 13.8. The molecule has 4 heteroatoms. The molecule has 4 nitrogen and oxygen atoms in total. The summed E-state index contributed by atoms with van der Waals surface area (Å²) in [7, 11) is 0. The second kappa shape index (κ2) is 5.52. The SMILES string of the molecule is CCN(c1ccc(C)cc1)c1cc(C(=O)O)ccn1. The van der Waals surface area contributed by atoms with Crippen molar-refractivity contribution in [2.45, 2.75) is 13.8 Å². The quantitative estimate of drug-likeness (QED) is 0.912. The third-order valence-corrected chi connectivity index (χ3v) is 2.93. The van der Waals surface area contributed by atoms with Crippen molar-refractivity contribution in [1.29, 1.82) is 0 Å². The number of aromatic carboxylic acids is 1. The van der Waals surface area contributed by atoms with Crippen molar-refractivity contribution >= 4 is 17.5 Å². The monoisotopic (exact) mass is 256 g/mol. The molecular weight excluding hydrogens is 240 g/mol. The van der Waals surface area contributed by atoms with Crippen LogP contribution in [0, 0.1) is 6.92 Å². The highest BCUT2D eigenvalue weighted by molar-refractivity contribution is 5.88. The molecule has 0 atom stereocenters. The number of pyridine rings is 1. The fraction of sp³-hybridized carbons (Fsp3) is 0.200. The van der Waals surface area contributed by atoms with Gasteiger partial charge >= 0.3 is 5.97 Å². The van der Waals surface area contributed by atoms with Crippen LogP contribution in [0.2, 0.25) is 0 Å². The Morgan fingerprint density at radius 3 is 2.53 bits per heavy atom. The fourth-order valence-corrected chi connectivity index (χ4v) is 1.90. The van der Waals surface area contributed by atoms with E-state index < -0.39 is 5.97 Å². The molecule has 1 aromatic carbocycles. The molecule has 0 amide bonds. The second-order valence-electron chi connectivity index (χ2n) is 4.29. The van der Waals surface area contributed by atoms with Crippen molar-refractivity contribution in [2.75, 3.05) is 11.4 Å². The number of hydrogen-bond donors (Lipinski definition) is 1. The van der Waals surface area contributed by atoms with E-state index in [4.69, 9.17) is 5.11 Å². The van der Waals surface area contributed by atoms with Crippen LogP contribution in [0.4, 0.5) is 11.5 Å². The number of anilines is 2. The van der Waals surface area contributed by atoms with E-state index in [9.17, 15) is 4.79 Å². The van der Waals surface area contributed by atoms with Gasteiger partial charge in [-0.1, -0.05) is 17.7 Å². The number of rotatable bonds is 4. The predicted molar refractivity (Wildman–Crippen MR) is 75.1 cm³/mol. The molecule has 19 heavy (non-hydrogen) atoms. The first-order valence-corrected chi connectivity index (χ1v) is 6.15. The van der Waals surface area contributed by atoms with Crippen molar-refractivity contribution in [1.82, 2.24) is 4.98 Å². The summed E-state index contributed by atoms with van der Waals surface area (Å²) < 4.78 is 0. The van der Waals surface area contributed by atoms with Crippen molar-refractivity contribution in [3.63, 3.8) is 0 Å². The zero-order valence-corrected chi connectivity index (χ0v) is 11.0. The largest absolute Gasteiger partial charge is 0.478 e. The van der Waals surface area contributed by atoms with Gasteiger partial charge in [0.2, 0.25) is 0 Å². The van der Waals surface area contributed by atoms with Crippen LogP contribution in [-0.2, 0) is 0 Å². The minimum atomic E-state index is -0.941. The molecule has 0 saturated carbocycles. The van der Waals surface area contributed by atoms with Crippen molar-refractivity contribution in [3.05, 3.63) is 53.7 Å². The van der Waals surface area contributed by atoms with Gasteiger partial charge in [-0.2, -0.15) is 0 Å². The normalized spacial score (nSPS) is 10.2. The highest BCUT2D eigenvalue weighted by Crippen LogP contribution is 2.24. The van der Waals surface area contributed by atoms with E-state index in [-0.39, 0.29) is 5.56 Å². The van der Waals surface area contributed by atoms with E-state index in [1.54, 1.807) is 6.07 Å². The molecule has 0 saturated heterocycles. The maximum absolute atomic E-state index is 11.0. The number of nitrogens with zero attached hydrogens (tertiary/aromatic N) is 2. The average molecular weight is 256 g/mol. The third kappa shape index (κ3) is 2.91. The van der Waals surface area contributed by atoms with Crippen molar-refractivity contribution in [3.8, 4) is 0 Å². The third-order valence-electron chi connectivity index (χ3n) is 2.93. The number of carboxylic acids is 1. The summed E-state index contributed by atoms with van der Waals surface area (Å²) in [4.78, 5) is 17.2. The Hall–Kier alpha value is -2.36. The van der Waals surface area contributed by atoms with Gasteiger partial charge in [0.1, 0.15) is 5.82 Å². The van der Waals surface area contributed by atoms with Crippen molar-refractivity contribution in [2.24, 2.45) is 0 Å². The number of carbonyl (C=O) groups is 1. The summed E-state index contributed by atoms with van der Waals surface area (Å²) >= 11 is 0. The summed E-state index contributed by atoms with van der Waals surface area (Å²) in [6, 6.07) is 11.2. The lowest BCUT2D eigenvalue weighted by Crippen LogP contribution is -2.17. The number of aromatic nitrogens is 1. The first-order chi connectivity index (χ1) is 9.11. The van der Waals surface area contributed by atoms with Gasteiger partial charge in [-0.15, -0.1) is 0 Å². The van der Waals surface area contributed by atoms with E-state index >= 15 is 0 Å². The Bertz CT molecular complexity index is 579. The zero-order valence-electron chi connectivity index (χ0n) is 11.0. The standard InChI is InChI=1S/C15H16N2O2/c1-3-17(13-6-4-11(2)5-7-13)14-10-12(15(18)19)8-9-16-14/h4-10H,3H2,1-2H3,(H,18,19). The Balaban J connectivity index is 2.39. The van der Waals surface area contributed by atoms with Gasteiger partial charge in [0.05, 0.1) is 5.56 Å². The summed E-state index contributed by atoms with van der Waals surface area (Å²) in [6.45, 7) is 4.76. The minimum Gasteiger partial charge on any atom is -0.478 e. The Morgan fingerprint density at radius 1 is 1.26 bits per heavy atom. The number of aryl methyl sites for hydroxylation is 1. The molecule has 0 fully saturated rings. The Labute approximate surface area is 112 Å². The molecule has 1 aromatic heterocycles. The summed E-state index contributed by atoms with van der Waals surface area (Å²) in [5.74, 6) is -0.296. The molecule has 0 unspecified atom stereocenters. The molecule has 0 aliphatic carbocycles. The lowest BCUT2D eigenvalue weighted by atomic mass is 10.2. The van der Waals surface area contributed by atoms with Gasteiger partial charge in [0.15, 0.2) is 0 Å². The number of carboxylic acid groups (broad SMARTS) is 1. The topological polar surface area (TPSA) is 53.4 Å². The van der Waals surface area contributed by atoms with E-state index in [2.05, 4.69) is 4.98 Å². The van der Waals surface area contributed by atoms with Crippen LogP contribution in [0.1, 0.15) is 22.8 Å². The minimum absolute atomic E-state index is 0.246. The number of hydrogen-bond acceptors (Lipinski definition) is 3. The van der Waals surface area contributed by atoms with Crippen molar-refractivity contribution < 1.29 is 9.90 Å². The van der Waals surface area contributed by atoms with E-state index in [0.29, 0.717) is 5.82 Å². The van der Waals surface area contributed by atoms with Crippen LogP contribution < -0.4 is 4.90 Å². The van der Waals surface area contributed by atoms with Gasteiger partial charge in [0, 0.05) is 18.4 Å². The van der Waals surface area contributed by atoms with Gasteiger partial charge in [-0.25, -0.2) is 9.78 Å². The van der Waals surface area contributed by atoms with Crippen LogP contribution in [-0.4, -0.2) is 22.6 Å². The number of benzene rings is 1. The summed E-state index contributed by atoms with van der Waals surface area (Å²) in [5, 5.41) is 9.02. The molecule has 0 aliphatic rings. The fourth-order valence-electron chi connectivity index (χ4n) is 1.90. The van der Waals surface area contributed by atoms with Crippen LogP contribution in [0.25, 0.3) is 0 Å². The molecule has 2 rings (SSSR count). The average Bonchev–Trinajstić information content (AvgIpc) is 2.42. The van der Waals surface area contributed by atoms with Gasteiger partial charge < -0.3 is 10.0 Å². The van der Waals surface area contributed by atoms with E-state index in [1.807, 2.05) is 43.0 Å². The van der Waals surface area contributed by atoms with E-state index in [1.165, 1.54) is 17.8 Å². The lowest BCUT2D eigenvalue weighted by molar-refractivity contribution is 0.0697. The van der Waals surface area contributed by atoms with Gasteiger partial charge in [-0.05, 0) is 38.1 Å².